The quantitative estimate of drug-likeness (QED) is 0.633. The van der Waals surface area contributed by atoms with Crippen LogP contribution in [0.1, 0.15) is 46.0 Å². The van der Waals surface area contributed by atoms with Crippen LogP contribution in [0.25, 0.3) is 0 Å². The van der Waals surface area contributed by atoms with Gasteiger partial charge in [-0.05, 0) is 37.8 Å². The highest BCUT2D eigenvalue weighted by Crippen LogP contribution is 2.42. The third-order valence-corrected chi connectivity index (χ3v) is 4.72. The van der Waals surface area contributed by atoms with Gasteiger partial charge in [0.25, 0.3) is 0 Å². The van der Waals surface area contributed by atoms with Gasteiger partial charge in [-0.15, -0.1) is 0 Å². The molecule has 1 rings (SSSR count). The van der Waals surface area contributed by atoms with Gasteiger partial charge in [-0.2, -0.15) is 0 Å². The lowest BCUT2D eigenvalue weighted by molar-refractivity contribution is 0.0933. The van der Waals surface area contributed by atoms with Gasteiger partial charge in [0.05, 0.1) is 0 Å². The zero-order chi connectivity index (χ0) is 10.4. The van der Waals surface area contributed by atoms with Crippen molar-refractivity contribution in [3.05, 3.63) is 0 Å². The van der Waals surface area contributed by atoms with Crippen molar-refractivity contribution in [1.29, 1.82) is 0 Å². The van der Waals surface area contributed by atoms with Crippen molar-refractivity contribution in [1.82, 2.24) is 4.90 Å². The van der Waals surface area contributed by atoms with Crippen molar-refractivity contribution >= 4 is 15.9 Å². The van der Waals surface area contributed by atoms with Crippen LogP contribution in [0.15, 0.2) is 0 Å². The van der Waals surface area contributed by atoms with Crippen molar-refractivity contribution in [3.8, 4) is 0 Å². The van der Waals surface area contributed by atoms with Crippen LogP contribution in [0.4, 0.5) is 0 Å². The number of halogens is 1. The predicted molar refractivity (Wildman–Crippen MR) is 67.1 cm³/mol. The number of rotatable bonds is 7. The monoisotopic (exact) mass is 261 g/mol. The summed E-state index contributed by atoms with van der Waals surface area (Å²) in [6.07, 6.45) is 6.97. The fourth-order valence-electron chi connectivity index (χ4n) is 2.22. The van der Waals surface area contributed by atoms with E-state index in [4.69, 9.17) is 0 Å². The number of unbranched alkanes of at least 4 members (excludes halogenated alkanes) is 1. The lowest BCUT2D eigenvalue weighted by atomic mass is 9.70. The molecule has 0 aromatic carbocycles. The molecule has 0 heterocycles. The van der Waals surface area contributed by atoms with Gasteiger partial charge < -0.3 is 4.90 Å². The Balaban J connectivity index is 2.30. The minimum atomic E-state index is 0.629. The summed E-state index contributed by atoms with van der Waals surface area (Å²) < 4.78 is 0. The molecule has 0 bridgehead atoms. The third kappa shape index (κ3) is 3.23. The Morgan fingerprint density at radius 2 is 2.00 bits per heavy atom. The van der Waals surface area contributed by atoms with Crippen LogP contribution >= 0.6 is 15.9 Å². The second-order valence-corrected chi connectivity index (χ2v) is 5.27. The highest BCUT2D eigenvalue weighted by molar-refractivity contribution is 9.09. The van der Waals surface area contributed by atoms with Crippen LogP contribution in [0.5, 0.6) is 0 Å². The molecular formula is C12H24BrN. The Bertz CT molecular complexity index is 149. The Labute approximate surface area is 97.4 Å². The number of hydrogen-bond acceptors (Lipinski definition) is 1. The van der Waals surface area contributed by atoms with Crippen LogP contribution in [-0.4, -0.2) is 29.9 Å². The molecule has 0 spiro atoms. The summed E-state index contributed by atoms with van der Waals surface area (Å²) in [6, 6.07) is 0. The largest absolute Gasteiger partial charge is 0.303 e. The van der Waals surface area contributed by atoms with E-state index in [1.54, 1.807) is 0 Å². The second kappa shape index (κ2) is 6.12. The first-order chi connectivity index (χ1) is 6.76. The summed E-state index contributed by atoms with van der Waals surface area (Å²) >= 11 is 3.68. The molecule has 0 radical (unpaired) electrons. The maximum Gasteiger partial charge on any atom is 0.0100 e. The molecule has 0 amide bonds. The summed E-state index contributed by atoms with van der Waals surface area (Å²) in [7, 11) is 0. The Hall–Kier alpha value is 0.440. The Kier molecular flexibility index (Phi) is 5.47. The van der Waals surface area contributed by atoms with Gasteiger partial charge in [-0.25, -0.2) is 0 Å². The van der Waals surface area contributed by atoms with E-state index in [1.807, 2.05) is 0 Å². The van der Waals surface area contributed by atoms with Crippen LogP contribution in [0.2, 0.25) is 0 Å². The van der Waals surface area contributed by atoms with E-state index in [0.29, 0.717) is 5.41 Å². The number of nitrogens with zero attached hydrogens (tertiary/aromatic N) is 1. The van der Waals surface area contributed by atoms with E-state index in [0.717, 1.165) is 0 Å². The molecule has 84 valence electrons. The van der Waals surface area contributed by atoms with Gasteiger partial charge in [0.2, 0.25) is 0 Å². The summed E-state index contributed by atoms with van der Waals surface area (Å²) in [6.45, 7) is 8.39. The number of alkyl halides is 1. The lowest BCUT2D eigenvalue weighted by Crippen LogP contribution is -2.43. The van der Waals surface area contributed by atoms with Gasteiger partial charge in [-0.3, -0.25) is 0 Å². The molecule has 0 aliphatic heterocycles. The average molecular weight is 262 g/mol. The normalized spacial score (nSPS) is 19.7. The van der Waals surface area contributed by atoms with Crippen LogP contribution in [0.3, 0.4) is 0 Å². The molecule has 2 heteroatoms. The number of hydrogen-bond donors (Lipinski definition) is 0. The molecule has 14 heavy (non-hydrogen) atoms. The zero-order valence-corrected chi connectivity index (χ0v) is 11.3. The molecule has 1 nitrogen and oxygen atoms in total. The third-order valence-electron chi connectivity index (χ3n) is 3.53. The molecule has 0 aromatic heterocycles. The molecule has 0 saturated heterocycles. The molecule has 0 N–H and O–H groups in total. The van der Waals surface area contributed by atoms with Gasteiger partial charge in [-0.1, -0.05) is 42.6 Å². The van der Waals surface area contributed by atoms with Crippen LogP contribution in [0, 0.1) is 5.41 Å². The minimum Gasteiger partial charge on any atom is -0.303 e. The molecule has 1 aliphatic rings. The minimum absolute atomic E-state index is 0.629. The van der Waals surface area contributed by atoms with E-state index < -0.39 is 0 Å². The zero-order valence-electron chi connectivity index (χ0n) is 9.69. The Morgan fingerprint density at radius 3 is 2.36 bits per heavy atom. The topological polar surface area (TPSA) is 3.24 Å². The first-order valence-electron chi connectivity index (χ1n) is 6.04. The summed E-state index contributed by atoms with van der Waals surface area (Å²) in [5.74, 6) is 0. The van der Waals surface area contributed by atoms with Crippen molar-refractivity contribution in [2.75, 3.05) is 25.0 Å². The Morgan fingerprint density at radius 1 is 1.29 bits per heavy atom. The molecular weight excluding hydrogens is 238 g/mol. The van der Waals surface area contributed by atoms with Crippen LogP contribution < -0.4 is 0 Å². The fourth-order valence-corrected chi connectivity index (χ4v) is 2.95. The van der Waals surface area contributed by atoms with Crippen molar-refractivity contribution < 1.29 is 0 Å². The molecule has 1 fully saturated rings. The van der Waals surface area contributed by atoms with Crippen molar-refractivity contribution in [3.63, 3.8) is 0 Å². The van der Waals surface area contributed by atoms with Gasteiger partial charge in [0, 0.05) is 11.9 Å². The molecule has 1 aliphatic carbocycles. The molecule has 0 unspecified atom stereocenters. The average Bonchev–Trinajstić information content (AvgIpc) is 2.16. The molecule has 0 atom stereocenters. The van der Waals surface area contributed by atoms with E-state index >= 15 is 0 Å². The predicted octanol–water partition coefficient (Wildman–Crippen LogP) is 3.67. The smallest absolute Gasteiger partial charge is 0.0100 e. The highest BCUT2D eigenvalue weighted by atomic mass is 79.9. The highest BCUT2D eigenvalue weighted by Gasteiger charge is 2.36. The maximum atomic E-state index is 3.68. The van der Waals surface area contributed by atoms with E-state index in [9.17, 15) is 0 Å². The standard InChI is InChI=1S/C12H24BrN/c1-3-5-9-14(4-2)11-12(10-13)7-6-8-12/h3-11H2,1-2H3. The van der Waals surface area contributed by atoms with E-state index in [1.165, 1.54) is 57.1 Å². The first kappa shape index (κ1) is 12.5. The summed E-state index contributed by atoms with van der Waals surface area (Å²) in [5.41, 5.74) is 0.629. The van der Waals surface area contributed by atoms with Gasteiger partial charge in [0.15, 0.2) is 0 Å². The first-order valence-corrected chi connectivity index (χ1v) is 7.17. The molecule has 0 aromatic rings. The maximum absolute atomic E-state index is 3.68. The molecule has 1 saturated carbocycles. The van der Waals surface area contributed by atoms with Gasteiger partial charge >= 0.3 is 0 Å². The van der Waals surface area contributed by atoms with Gasteiger partial charge in [0.1, 0.15) is 0 Å². The van der Waals surface area contributed by atoms with Crippen molar-refractivity contribution in [2.24, 2.45) is 5.41 Å². The SMILES string of the molecule is CCCCN(CC)CC1(CBr)CCC1. The van der Waals surface area contributed by atoms with E-state index in [2.05, 4.69) is 34.7 Å². The van der Waals surface area contributed by atoms with E-state index in [-0.39, 0.29) is 0 Å². The second-order valence-electron chi connectivity index (χ2n) is 4.71. The summed E-state index contributed by atoms with van der Waals surface area (Å²) in [4.78, 5) is 2.63. The van der Waals surface area contributed by atoms with Crippen LogP contribution in [-0.2, 0) is 0 Å². The fraction of sp³-hybridized carbons (Fsp3) is 1.00. The van der Waals surface area contributed by atoms with Crippen molar-refractivity contribution in [2.45, 2.75) is 46.0 Å². The lowest BCUT2D eigenvalue weighted by Gasteiger charge is -2.44. The summed E-state index contributed by atoms with van der Waals surface area (Å²) in [5, 5.41) is 1.20.